The van der Waals surface area contributed by atoms with Crippen molar-refractivity contribution in [2.45, 2.75) is 19.9 Å². The van der Waals surface area contributed by atoms with Crippen LogP contribution in [0.1, 0.15) is 12.6 Å². The largest absolute Gasteiger partial charge is 0.480 e. The summed E-state index contributed by atoms with van der Waals surface area (Å²) >= 11 is 0. The average Bonchev–Trinajstić information content (AvgIpc) is 2.04. The van der Waals surface area contributed by atoms with Gasteiger partial charge in [0.05, 0.1) is 0 Å². The monoisotopic (exact) mass is 181 g/mol. The molecule has 0 fully saturated rings. The van der Waals surface area contributed by atoms with Crippen LogP contribution in [0.2, 0.25) is 0 Å². The lowest BCUT2D eigenvalue weighted by Gasteiger charge is -2.08. The van der Waals surface area contributed by atoms with Crippen LogP contribution >= 0.6 is 0 Å². The Balaban J connectivity index is 2.69. The predicted molar refractivity (Wildman–Crippen MR) is 47.5 cm³/mol. The van der Waals surface area contributed by atoms with Crippen molar-refractivity contribution in [3.05, 3.63) is 18.0 Å². The highest BCUT2D eigenvalue weighted by Gasteiger charge is 2.10. The van der Waals surface area contributed by atoms with Crippen LogP contribution in [0.3, 0.4) is 0 Å². The maximum atomic E-state index is 10.5. The second-order valence-electron chi connectivity index (χ2n) is 2.73. The SMILES string of the molecule is Cc1ccnc(NC(C)C(=O)O)n1. The maximum Gasteiger partial charge on any atom is 0.325 e. The second-order valence-corrected chi connectivity index (χ2v) is 2.73. The maximum absolute atomic E-state index is 10.5. The Morgan fingerprint density at radius 3 is 2.92 bits per heavy atom. The third-order valence-electron chi connectivity index (χ3n) is 1.51. The number of rotatable bonds is 3. The summed E-state index contributed by atoms with van der Waals surface area (Å²) in [7, 11) is 0. The van der Waals surface area contributed by atoms with E-state index in [2.05, 4.69) is 15.3 Å². The third-order valence-corrected chi connectivity index (χ3v) is 1.51. The number of hydrogen-bond acceptors (Lipinski definition) is 4. The van der Waals surface area contributed by atoms with E-state index >= 15 is 0 Å². The van der Waals surface area contributed by atoms with Crippen LogP contribution in [0.4, 0.5) is 5.95 Å². The summed E-state index contributed by atoms with van der Waals surface area (Å²) in [5.41, 5.74) is 0.801. The Kier molecular flexibility index (Phi) is 2.79. The molecule has 13 heavy (non-hydrogen) atoms. The van der Waals surface area contributed by atoms with E-state index in [1.807, 2.05) is 6.92 Å². The van der Waals surface area contributed by atoms with Crippen molar-refractivity contribution in [2.75, 3.05) is 5.32 Å². The Hall–Kier alpha value is -1.65. The molecule has 70 valence electrons. The number of aromatic nitrogens is 2. The van der Waals surface area contributed by atoms with Crippen LogP contribution in [-0.4, -0.2) is 27.1 Å². The van der Waals surface area contributed by atoms with Crippen LogP contribution in [0.25, 0.3) is 0 Å². The van der Waals surface area contributed by atoms with Crippen molar-refractivity contribution in [2.24, 2.45) is 0 Å². The van der Waals surface area contributed by atoms with E-state index < -0.39 is 12.0 Å². The van der Waals surface area contributed by atoms with Gasteiger partial charge in [0.2, 0.25) is 5.95 Å². The summed E-state index contributed by atoms with van der Waals surface area (Å²) in [6.07, 6.45) is 1.58. The fraction of sp³-hybridized carbons (Fsp3) is 0.375. The third kappa shape index (κ3) is 2.70. The van der Waals surface area contributed by atoms with Gasteiger partial charge in [-0.15, -0.1) is 0 Å². The second kappa shape index (κ2) is 3.84. The van der Waals surface area contributed by atoms with Crippen molar-refractivity contribution in [1.82, 2.24) is 9.97 Å². The van der Waals surface area contributed by atoms with Crippen LogP contribution in [0, 0.1) is 6.92 Å². The fourth-order valence-corrected chi connectivity index (χ4v) is 0.774. The molecular weight excluding hydrogens is 170 g/mol. The van der Waals surface area contributed by atoms with Crippen molar-refractivity contribution < 1.29 is 9.90 Å². The van der Waals surface area contributed by atoms with E-state index in [9.17, 15) is 4.79 Å². The van der Waals surface area contributed by atoms with E-state index in [0.29, 0.717) is 5.95 Å². The molecule has 0 amide bonds. The Morgan fingerprint density at radius 1 is 1.69 bits per heavy atom. The molecule has 0 aliphatic rings. The Labute approximate surface area is 75.8 Å². The van der Waals surface area contributed by atoms with Gasteiger partial charge >= 0.3 is 5.97 Å². The Bertz CT molecular complexity index is 314. The predicted octanol–water partition coefficient (Wildman–Crippen LogP) is 0.670. The van der Waals surface area contributed by atoms with E-state index in [4.69, 9.17) is 5.11 Å². The van der Waals surface area contributed by atoms with E-state index in [-0.39, 0.29) is 0 Å². The van der Waals surface area contributed by atoms with Crippen LogP contribution in [0.5, 0.6) is 0 Å². The molecule has 1 unspecified atom stereocenters. The first kappa shape index (κ1) is 9.44. The number of hydrogen-bond donors (Lipinski definition) is 2. The van der Waals surface area contributed by atoms with E-state index in [1.54, 1.807) is 12.3 Å². The number of carboxylic acid groups (broad SMARTS) is 1. The lowest BCUT2D eigenvalue weighted by Crippen LogP contribution is -2.26. The summed E-state index contributed by atoms with van der Waals surface area (Å²) in [4.78, 5) is 18.4. The standard InChI is InChI=1S/C8H11N3O2/c1-5-3-4-9-8(10-5)11-6(2)7(12)13/h3-4,6H,1-2H3,(H,12,13)(H,9,10,11). The molecule has 0 saturated carbocycles. The molecule has 5 nitrogen and oxygen atoms in total. The van der Waals surface area contributed by atoms with E-state index in [0.717, 1.165) is 5.69 Å². The van der Waals surface area contributed by atoms with Gasteiger partial charge in [0, 0.05) is 11.9 Å². The minimum atomic E-state index is -0.926. The average molecular weight is 181 g/mol. The normalized spacial score (nSPS) is 12.2. The summed E-state index contributed by atoms with van der Waals surface area (Å²) in [6.45, 7) is 3.35. The zero-order chi connectivity index (χ0) is 9.84. The minimum Gasteiger partial charge on any atom is -0.480 e. The number of aryl methyl sites for hydroxylation is 1. The fourth-order valence-electron chi connectivity index (χ4n) is 0.774. The molecule has 0 bridgehead atoms. The van der Waals surface area contributed by atoms with Gasteiger partial charge in [-0.1, -0.05) is 0 Å². The molecule has 1 aromatic heterocycles. The summed E-state index contributed by atoms with van der Waals surface area (Å²) < 4.78 is 0. The first-order chi connectivity index (χ1) is 6.09. The molecule has 0 aliphatic heterocycles. The zero-order valence-corrected chi connectivity index (χ0v) is 7.48. The van der Waals surface area contributed by atoms with E-state index in [1.165, 1.54) is 6.92 Å². The molecule has 0 aliphatic carbocycles. The van der Waals surface area contributed by atoms with Gasteiger partial charge in [0.25, 0.3) is 0 Å². The van der Waals surface area contributed by atoms with Gasteiger partial charge in [-0.05, 0) is 19.9 Å². The molecule has 1 atom stereocenters. The number of carbonyl (C=O) groups is 1. The lowest BCUT2D eigenvalue weighted by molar-refractivity contribution is -0.137. The number of nitrogens with one attached hydrogen (secondary N) is 1. The molecule has 0 spiro atoms. The van der Waals surface area contributed by atoms with Crippen molar-refractivity contribution in [3.63, 3.8) is 0 Å². The highest BCUT2D eigenvalue weighted by molar-refractivity contribution is 5.75. The lowest BCUT2D eigenvalue weighted by atomic mass is 10.3. The summed E-state index contributed by atoms with van der Waals surface area (Å²) in [5, 5.41) is 11.3. The quantitative estimate of drug-likeness (QED) is 0.716. The zero-order valence-electron chi connectivity index (χ0n) is 7.48. The topological polar surface area (TPSA) is 75.1 Å². The summed E-state index contributed by atoms with van der Waals surface area (Å²) in [6, 6.07) is 1.07. The van der Waals surface area contributed by atoms with Crippen LogP contribution < -0.4 is 5.32 Å². The molecule has 5 heteroatoms. The molecular formula is C8H11N3O2. The molecule has 0 radical (unpaired) electrons. The van der Waals surface area contributed by atoms with Crippen molar-refractivity contribution in [3.8, 4) is 0 Å². The van der Waals surface area contributed by atoms with Gasteiger partial charge < -0.3 is 10.4 Å². The van der Waals surface area contributed by atoms with Gasteiger partial charge in [-0.25, -0.2) is 9.97 Å². The molecule has 1 heterocycles. The number of nitrogens with zero attached hydrogens (tertiary/aromatic N) is 2. The first-order valence-corrected chi connectivity index (χ1v) is 3.88. The number of anilines is 1. The first-order valence-electron chi connectivity index (χ1n) is 3.88. The molecule has 0 saturated heterocycles. The number of aliphatic carboxylic acids is 1. The van der Waals surface area contributed by atoms with Gasteiger partial charge in [0.1, 0.15) is 6.04 Å². The molecule has 0 aromatic carbocycles. The smallest absolute Gasteiger partial charge is 0.325 e. The van der Waals surface area contributed by atoms with Gasteiger partial charge in [-0.2, -0.15) is 0 Å². The minimum absolute atomic E-state index is 0.343. The molecule has 2 N–H and O–H groups in total. The summed E-state index contributed by atoms with van der Waals surface area (Å²) in [5.74, 6) is -0.583. The Morgan fingerprint density at radius 2 is 2.38 bits per heavy atom. The highest BCUT2D eigenvalue weighted by Crippen LogP contribution is 2.00. The number of carboxylic acids is 1. The van der Waals surface area contributed by atoms with Gasteiger partial charge in [-0.3, -0.25) is 4.79 Å². The van der Waals surface area contributed by atoms with Crippen molar-refractivity contribution in [1.29, 1.82) is 0 Å². The highest BCUT2D eigenvalue weighted by atomic mass is 16.4. The molecule has 1 aromatic rings. The van der Waals surface area contributed by atoms with Crippen LogP contribution in [0.15, 0.2) is 12.3 Å². The van der Waals surface area contributed by atoms with Gasteiger partial charge in [0.15, 0.2) is 0 Å². The molecule has 1 rings (SSSR count). The van der Waals surface area contributed by atoms with Crippen molar-refractivity contribution >= 4 is 11.9 Å². The van der Waals surface area contributed by atoms with Crippen LogP contribution in [-0.2, 0) is 4.79 Å².